The van der Waals surface area contributed by atoms with Gasteiger partial charge in [0.2, 0.25) is 5.91 Å². The molecule has 0 aliphatic carbocycles. The molecule has 2 heterocycles. The summed E-state index contributed by atoms with van der Waals surface area (Å²) in [6, 6.07) is 4.92. The number of carbonyl (C=O) groups excluding carboxylic acids is 2. The molecule has 1 aromatic heterocycles. The summed E-state index contributed by atoms with van der Waals surface area (Å²) in [5, 5.41) is 7.79. The second-order valence-corrected chi connectivity index (χ2v) is 8.01. The molecule has 3 rings (SSSR count). The van der Waals surface area contributed by atoms with Crippen LogP contribution in [0.2, 0.25) is 10.0 Å². The van der Waals surface area contributed by atoms with Crippen LogP contribution >= 0.6 is 23.2 Å². The van der Waals surface area contributed by atoms with Crippen LogP contribution in [-0.2, 0) is 11.2 Å². The number of halogens is 2. The summed E-state index contributed by atoms with van der Waals surface area (Å²) in [6.07, 6.45) is 0.266. The van der Waals surface area contributed by atoms with E-state index in [2.05, 4.69) is 10.5 Å². The maximum Gasteiger partial charge on any atom is 0.317 e. The third kappa shape index (κ3) is 5.03. The predicted molar refractivity (Wildman–Crippen MR) is 111 cm³/mol. The maximum absolute atomic E-state index is 12.6. The Bertz CT molecular complexity index is 888. The molecule has 2 aromatic rings. The number of aromatic nitrogens is 1. The number of rotatable bonds is 4. The first-order chi connectivity index (χ1) is 13.8. The molecule has 1 fully saturated rings. The fraction of sp³-hybridized carbons (Fsp3) is 0.450. The molecule has 0 spiro atoms. The average Bonchev–Trinajstić information content (AvgIpc) is 3.02. The van der Waals surface area contributed by atoms with Crippen molar-refractivity contribution in [3.8, 4) is 0 Å². The Morgan fingerprint density at radius 1 is 1.14 bits per heavy atom. The van der Waals surface area contributed by atoms with Gasteiger partial charge in [0.25, 0.3) is 0 Å². The molecule has 1 N–H and O–H groups in total. The fourth-order valence-electron chi connectivity index (χ4n) is 3.32. The van der Waals surface area contributed by atoms with Crippen molar-refractivity contribution in [2.75, 3.05) is 26.2 Å². The molecule has 29 heavy (non-hydrogen) atoms. The van der Waals surface area contributed by atoms with E-state index in [0.717, 1.165) is 16.8 Å². The lowest BCUT2D eigenvalue weighted by atomic mass is 10.1. The molecule has 1 unspecified atom stereocenters. The first-order valence-corrected chi connectivity index (χ1v) is 10.2. The highest BCUT2D eigenvalue weighted by Gasteiger charge is 2.26. The zero-order valence-electron chi connectivity index (χ0n) is 16.7. The Morgan fingerprint density at radius 3 is 2.38 bits per heavy atom. The van der Waals surface area contributed by atoms with Crippen molar-refractivity contribution < 1.29 is 14.1 Å². The van der Waals surface area contributed by atoms with Crippen LogP contribution in [0.1, 0.15) is 35.5 Å². The van der Waals surface area contributed by atoms with Crippen molar-refractivity contribution >= 4 is 35.1 Å². The zero-order chi connectivity index (χ0) is 21.1. The Morgan fingerprint density at radius 2 is 1.79 bits per heavy atom. The molecule has 0 bridgehead atoms. The highest BCUT2D eigenvalue weighted by atomic mass is 35.5. The van der Waals surface area contributed by atoms with Crippen molar-refractivity contribution in [3.05, 3.63) is 50.8 Å². The van der Waals surface area contributed by atoms with Gasteiger partial charge < -0.3 is 19.6 Å². The molecule has 156 valence electrons. The number of aryl methyl sites for hydroxylation is 2. The van der Waals surface area contributed by atoms with Crippen LogP contribution in [0.3, 0.4) is 0 Å². The number of piperazine rings is 1. The number of hydrogen-bond donors (Lipinski definition) is 1. The quantitative estimate of drug-likeness (QED) is 0.787. The van der Waals surface area contributed by atoms with Crippen molar-refractivity contribution in [1.82, 2.24) is 20.3 Å². The number of nitrogens with one attached hydrogen (secondary N) is 1. The lowest BCUT2D eigenvalue weighted by molar-refractivity contribution is -0.131. The molecule has 3 amide bonds. The summed E-state index contributed by atoms with van der Waals surface area (Å²) < 4.78 is 5.12. The van der Waals surface area contributed by atoms with E-state index in [-0.39, 0.29) is 24.4 Å². The molecule has 0 radical (unpaired) electrons. The molecule has 1 aliphatic heterocycles. The molecule has 9 heteroatoms. The van der Waals surface area contributed by atoms with Crippen LogP contribution in [0, 0.1) is 13.8 Å². The van der Waals surface area contributed by atoms with Gasteiger partial charge in [0.15, 0.2) is 0 Å². The molecule has 0 saturated carbocycles. The van der Waals surface area contributed by atoms with Gasteiger partial charge >= 0.3 is 6.03 Å². The van der Waals surface area contributed by atoms with E-state index in [1.807, 2.05) is 19.9 Å². The summed E-state index contributed by atoms with van der Waals surface area (Å²) in [6.45, 7) is 7.48. The lowest BCUT2D eigenvalue weighted by Gasteiger charge is -2.35. The summed E-state index contributed by atoms with van der Waals surface area (Å²) in [4.78, 5) is 28.7. The van der Waals surface area contributed by atoms with Gasteiger partial charge in [0.05, 0.1) is 28.2 Å². The first kappa shape index (κ1) is 21.5. The van der Waals surface area contributed by atoms with Gasteiger partial charge in [-0.3, -0.25) is 4.79 Å². The van der Waals surface area contributed by atoms with Crippen molar-refractivity contribution in [3.63, 3.8) is 0 Å². The Labute approximate surface area is 179 Å². The van der Waals surface area contributed by atoms with E-state index in [4.69, 9.17) is 27.7 Å². The summed E-state index contributed by atoms with van der Waals surface area (Å²) >= 11 is 12.0. The van der Waals surface area contributed by atoms with Crippen LogP contribution in [0.5, 0.6) is 0 Å². The van der Waals surface area contributed by atoms with E-state index in [1.54, 1.807) is 28.9 Å². The summed E-state index contributed by atoms with van der Waals surface area (Å²) in [7, 11) is 0. The minimum atomic E-state index is -0.212. The van der Waals surface area contributed by atoms with Crippen molar-refractivity contribution in [1.29, 1.82) is 0 Å². The van der Waals surface area contributed by atoms with Gasteiger partial charge in [-0.15, -0.1) is 0 Å². The Balaban J connectivity index is 1.51. The standard InChI is InChI=1S/C20H24Cl2N4O3/c1-12(15-4-5-17(21)18(22)10-15)23-20(28)26-8-6-25(7-9-26)19(27)11-16-13(2)24-29-14(16)3/h4-5,10,12H,6-9,11H2,1-3H3,(H,23,28). The SMILES string of the molecule is Cc1noc(C)c1CC(=O)N1CCN(C(=O)NC(C)c2ccc(Cl)c(Cl)c2)CC1. The minimum Gasteiger partial charge on any atom is -0.361 e. The highest BCUT2D eigenvalue weighted by Crippen LogP contribution is 2.25. The normalized spacial score (nSPS) is 15.3. The fourth-order valence-corrected chi connectivity index (χ4v) is 3.62. The smallest absolute Gasteiger partial charge is 0.317 e. The van der Waals surface area contributed by atoms with Gasteiger partial charge in [-0.1, -0.05) is 34.4 Å². The van der Waals surface area contributed by atoms with Crippen molar-refractivity contribution in [2.24, 2.45) is 0 Å². The van der Waals surface area contributed by atoms with Gasteiger partial charge in [-0.2, -0.15) is 0 Å². The van der Waals surface area contributed by atoms with E-state index in [0.29, 0.717) is 42.0 Å². The second kappa shape index (κ2) is 9.05. The van der Waals surface area contributed by atoms with E-state index in [9.17, 15) is 9.59 Å². The molecule has 1 atom stereocenters. The number of amides is 3. The second-order valence-electron chi connectivity index (χ2n) is 7.19. The summed E-state index contributed by atoms with van der Waals surface area (Å²) in [5.41, 5.74) is 2.46. The monoisotopic (exact) mass is 438 g/mol. The zero-order valence-corrected chi connectivity index (χ0v) is 18.2. The predicted octanol–water partition coefficient (Wildman–Crippen LogP) is 3.76. The van der Waals surface area contributed by atoms with Gasteiger partial charge in [0, 0.05) is 31.7 Å². The van der Waals surface area contributed by atoms with Crippen LogP contribution in [-0.4, -0.2) is 53.1 Å². The van der Waals surface area contributed by atoms with E-state index >= 15 is 0 Å². The number of urea groups is 1. The number of nitrogens with zero attached hydrogens (tertiary/aromatic N) is 3. The molecule has 1 saturated heterocycles. The molecular formula is C20H24Cl2N4O3. The molecule has 1 aliphatic rings. The van der Waals surface area contributed by atoms with E-state index < -0.39 is 0 Å². The topological polar surface area (TPSA) is 78.7 Å². The number of benzene rings is 1. The Hall–Kier alpha value is -2.25. The summed E-state index contributed by atoms with van der Waals surface area (Å²) in [5.74, 6) is 0.689. The molecular weight excluding hydrogens is 415 g/mol. The van der Waals surface area contributed by atoms with Crippen LogP contribution in [0.4, 0.5) is 4.79 Å². The van der Waals surface area contributed by atoms with Crippen molar-refractivity contribution in [2.45, 2.75) is 33.2 Å². The molecule has 7 nitrogen and oxygen atoms in total. The van der Waals surface area contributed by atoms with Gasteiger partial charge in [-0.05, 0) is 38.5 Å². The minimum absolute atomic E-state index is 0.0173. The maximum atomic E-state index is 12.6. The largest absolute Gasteiger partial charge is 0.361 e. The van der Waals surface area contributed by atoms with Gasteiger partial charge in [0.1, 0.15) is 5.76 Å². The Kier molecular flexibility index (Phi) is 6.70. The number of carbonyl (C=O) groups is 2. The van der Waals surface area contributed by atoms with E-state index in [1.165, 1.54) is 0 Å². The third-order valence-electron chi connectivity index (χ3n) is 5.21. The molecule has 1 aromatic carbocycles. The average molecular weight is 439 g/mol. The van der Waals surface area contributed by atoms with Crippen LogP contribution < -0.4 is 5.32 Å². The van der Waals surface area contributed by atoms with Gasteiger partial charge in [-0.25, -0.2) is 4.79 Å². The third-order valence-corrected chi connectivity index (χ3v) is 5.95. The van der Waals surface area contributed by atoms with Crippen LogP contribution in [0.25, 0.3) is 0 Å². The highest BCUT2D eigenvalue weighted by molar-refractivity contribution is 6.42. The lowest BCUT2D eigenvalue weighted by Crippen LogP contribution is -2.53. The number of hydrogen-bond acceptors (Lipinski definition) is 4. The van der Waals surface area contributed by atoms with Crippen LogP contribution in [0.15, 0.2) is 22.7 Å². The first-order valence-electron chi connectivity index (χ1n) is 9.46.